The SMILES string of the molecule is C=C(OC)[C@H](NC(=O)OC)C(=O)N1CCC[C@H]1c1ncc(-c2ccc([C@H]3CC[C@H](c4ccc(-c5cnc([C@@H]6CCCN6C(=O)[C@H](NC(=O)OC)[C@H](C)OC)[nH]5)cc4)N3c3ccc(C(C)(C)C)cc3)cc2)[nH]1. The molecule has 4 amide bonds. The van der Waals surface area contributed by atoms with E-state index in [0.717, 1.165) is 60.3 Å². The highest BCUT2D eigenvalue weighted by atomic mass is 16.5. The highest BCUT2D eigenvalue weighted by Gasteiger charge is 2.41. The van der Waals surface area contributed by atoms with Crippen LogP contribution in [0.1, 0.15) is 119 Å². The summed E-state index contributed by atoms with van der Waals surface area (Å²) >= 11 is 0. The Kier molecular flexibility index (Phi) is 15.2. The van der Waals surface area contributed by atoms with E-state index in [1.54, 1.807) is 16.7 Å². The number of carbonyl (C=O) groups excluding carboxylic acids is 4. The van der Waals surface area contributed by atoms with Crippen LogP contribution < -0.4 is 15.5 Å². The van der Waals surface area contributed by atoms with Crippen LogP contribution in [0.15, 0.2) is 97.5 Å². The number of anilines is 1. The first-order valence-electron chi connectivity index (χ1n) is 24.4. The van der Waals surface area contributed by atoms with Gasteiger partial charge in [0, 0.05) is 25.9 Å². The summed E-state index contributed by atoms with van der Waals surface area (Å²) in [5.74, 6) is 0.891. The molecule has 8 rings (SSSR count). The predicted octanol–water partition coefficient (Wildman–Crippen LogP) is 8.82. The molecule has 5 aromatic rings. The van der Waals surface area contributed by atoms with Crippen molar-refractivity contribution in [2.24, 2.45) is 0 Å². The van der Waals surface area contributed by atoms with Crippen molar-refractivity contribution < 1.29 is 38.1 Å². The van der Waals surface area contributed by atoms with Crippen LogP contribution in [0.2, 0.25) is 0 Å². The van der Waals surface area contributed by atoms with E-state index in [2.05, 4.69) is 126 Å². The topological polar surface area (TPSA) is 196 Å². The van der Waals surface area contributed by atoms with Gasteiger partial charge in [-0.1, -0.05) is 88.0 Å². The number of methoxy groups -OCH3 is 4. The molecule has 0 saturated carbocycles. The van der Waals surface area contributed by atoms with Gasteiger partial charge in [0.2, 0.25) is 5.91 Å². The molecule has 3 aliphatic heterocycles. The van der Waals surface area contributed by atoms with E-state index in [-0.39, 0.29) is 47.2 Å². The van der Waals surface area contributed by atoms with Crippen LogP contribution in [0.25, 0.3) is 22.5 Å². The molecule has 3 aromatic carbocycles. The van der Waals surface area contributed by atoms with Crippen LogP contribution in [-0.4, -0.2) is 113 Å². The van der Waals surface area contributed by atoms with Crippen molar-refractivity contribution in [3.63, 3.8) is 0 Å². The molecule has 2 aromatic heterocycles. The maximum absolute atomic E-state index is 13.8. The van der Waals surface area contributed by atoms with Gasteiger partial charge < -0.3 is 54.2 Å². The number of benzene rings is 3. The molecule has 0 unspecified atom stereocenters. The molecule has 17 nitrogen and oxygen atoms in total. The Labute approximate surface area is 415 Å². The molecule has 0 bridgehead atoms. The lowest BCUT2D eigenvalue weighted by atomic mass is 9.87. The number of hydrogen-bond acceptors (Lipinski definition) is 11. The number of aromatic amines is 2. The second-order valence-electron chi connectivity index (χ2n) is 19.6. The maximum atomic E-state index is 13.8. The summed E-state index contributed by atoms with van der Waals surface area (Å²) in [6.07, 6.45) is 6.56. The fourth-order valence-corrected chi connectivity index (χ4v) is 10.3. The number of carbonyl (C=O) groups is 4. The first kappa shape index (κ1) is 50.3. The highest BCUT2D eigenvalue weighted by Crippen LogP contribution is 2.48. The summed E-state index contributed by atoms with van der Waals surface area (Å²) in [4.78, 5) is 74.4. The summed E-state index contributed by atoms with van der Waals surface area (Å²) in [5, 5.41) is 5.21. The largest absolute Gasteiger partial charge is 0.499 e. The van der Waals surface area contributed by atoms with Crippen molar-refractivity contribution in [2.45, 2.75) is 114 Å². The van der Waals surface area contributed by atoms with Crippen molar-refractivity contribution in [1.29, 1.82) is 0 Å². The van der Waals surface area contributed by atoms with Gasteiger partial charge in [-0.3, -0.25) is 9.59 Å². The van der Waals surface area contributed by atoms with Gasteiger partial charge in [0.25, 0.3) is 5.91 Å². The standard InChI is InChI=1S/C54H67N9O8/c1-32(68-6)46(59-52(66)70-8)50(64)61-28-10-12-44(61)48-55-30-40(57-48)34-14-18-36(19-15-34)42-26-27-43(63(42)39-24-22-38(23-25-39)54(3,4)5)37-20-16-35(17-21-37)41-31-56-49(58-41)45-13-11-29-62(45)51(65)47(33(2)69-7)60-53(67)71-9/h14-25,30-31,33,42-47H,1,10-13,26-29H2,2-9H3,(H,55,57)(H,56,58)(H,59,66)(H,60,67)/t33-,42+,43+,44-,45-,46-,47+/m0/s1. The molecule has 376 valence electrons. The Hall–Kier alpha value is -7.14. The summed E-state index contributed by atoms with van der Waals surface area (Å²) in [7, 11) is 5.42. The Bertz CT molecular complexity index is 2680. The monoisotopic (exact) mass is 970 g/mol. The van der Waals surface area contributed by atoms with Crippen LogP contribution in [0.3, 0.4) is 0 Å². The zero-order valence-corrected chi connectivity index (χ0v) is 42.0. The predicted molar refractivity (Wildman–Crippen MR) is 269 cm³/mol. The number of likely N-dealkylation sites (tertiary alicyclic amines) is 2. The quantitative estimate of drug-likeness (QED) is 0.0732. The molecule has 5 heterocycles. The number of alkyl carbamates (subject to hydrolysis) is 2. The number of nitrogens with one attached hydrogen (secondary N) is 4. The molecule has 71 heavy (non-hydrogen) atoms. The van der Waals surface area contributed by atoms with Gasteiger partial charge in [-0.05, 0) is 90.8 Å². The number of aromatic nitrogens is 4. The van der Waals surface area contributed by atoms with E-state index in [1.807, 2.05) is 12.4 Å². The van der Waals surface area contributed by atoms with Crippen LogP contribution >= 0.6 is 0 Å². The fraction of sp³-hybridized carbons (Fsp3) is 0.444. The van der Waals surface area contributed by atoms with Gasteiger partial charge in [0.05, 0.1) is 75.4 Å². The summed E-state index contributed by atoms with van der Waals surface area (Å²) in [6.45, 7) is 13.3. The van der Waals surface area contributed by atoms with E-state index in [0.29, 0.717) is 31.2 Å². The van der Waals surface area contributed by atoms with Gasteiger partial charge in [0.15, 0.2) is 6.04 Å². The average Bonchev–Trinajstić information content (AvgIpc) is 4.26. The van der Waals surface area contributed by atoms with Crippen molar-refractivity contribution in [3.8, 4) is 22.5 Å². The molecular weight excluding hydrogens is 903 g/mol. The zero-order chi connectivity index (χ0) is 50.6. The van der Waals surface area contributed by atoms with Crippen LogP contribution in [0, 0.1) is 0 Å². The lowest BCUT2D eigenvalue weighted by molar-refractivity contribution is -0.137. The minimum absolute atomic E-state index is 0.0141. The van der Waals surface area contributed by atoms with Crippen molar-refractivity contribution in [1.82, 2.24) is 40.4 Å². The second-order valence-corrected chi connectivity index (χ2v) is 19.6. The molecule has 0 aliphatic carbocycles. The minimum Gasteiger partial charge on any atom is -0.499 e. The van der Waals surface area contributed by atoms with Crippen molar-refractivity contribution in [2.75, 3.05) is 46.4 Å². The number of hydrogen-bond donors (Lipinski definition) is 4. The van der Waals surface area contributed by atoms with Gasteiger partial charge in [-0.2, -0.15) is 0 Å². The molecule has 4 N–H and O–H groups in total. The molecule has 3 saturated heterocycles. The first-order valence-corrected chi connectivity index (χ1v) is 24.4. The third kappa shape index (κ3) is 10.6. The number of nitrogens with zero attached hydrogens (tertiary/aromatic N) is 5. The molecule has 3 aliphatic rings. The molecule has 7 atom stereocenters. The summed E-state index contributed by atoms with van der Waals surface area (Å²) < 4.78 is 20.3. The van der Waals surface area contributed by atoms with Gasteiger partial charge in [-0.15, -0.1) is 0 Å². The number of rotatable bonds is 15. The number of H-pyrrole nitrogens is 2. The highest BCUT2D eigenvalue weighted by molar-refractivity contribution is 5.89. The van der Waals surface area contributed by atoms with Crippen LogP contribution in [-0.2, 0) is 34.0 Å². The normalized spacial score (nSPS) is 20.3. The van der Waals surface area contributed by atoms with Gasteiger partial charge in [0.1, 0.15) is 23.4 Å². The number of imidazole rings is 2. The van der Waals surface area contributed by atoms with Gasteiger partial charge in [-0.25, -0.2) is 19.6 Å². The Balaban J connectivity index is 1.00. The van der Waals surface area contributed by atoms with Gasteiger partial charge >= 0.3 is 12.2 Å². The molecule has 0 radical (unpaired) electrons. The second kappa shape index (κ2) is 21.5. The fourth-order valence-electron chi connectivity index (χ4n) is 10.3. The third-order valence-corrected chi connectivity index (χ3v) is 14.4. The number of ether oxygens (including phenoxy) is 4. The zero-order valence-electron chi connectivity index (χ0n) is 42.0. The van der Waals surface area contributed by atoms with E-state index in [9.17, 15) is 19.2 Å². The first-order chi connectivity index (χ1) is 34.1. The summed E-state index contributed by atoms with van der Waals surface area (Å²) in [5.41, 5.74) is 8.51. The van der Waals surface area contributed by atoms with E-state index in [4.69, 9.17) is 28.9 Å². The van der Waals surface area contributed by atoms with Crippen molar-refractivity contribution in [3.05, 3.63) is 126 Å². The Morgan fingerprint density at radius 1 is 0.648 bits per heavy atom. The third-order valence-electron chi connectivity index (χ3n) is 14.4. The van der Waals surface area contributed by atoms with Crippen LogP contribution in [0.4, 0.5) is 15.3 Å². The minimum atomic E-state index is -1.10. The maximum Gasteiger partial charge on any atom is 0.407 e. The Morgan fingerprint density at radius 3 is 1.58 bits per heavy atom. The summed E-state index contributed by atoms with van der Waals surface area (Å²) in [6, 6.07) is 24.0. The van der Waals surface area contributed by atoms with E-state index >= 15 is 0 Å². The van der Waals surface area contributed by atoms with E-state index < -0.39 is 30.4 Å². The molecular formula is C54H67N9O8. The number of amides is 4. The molecule has 0 spiro atoms. The smallest absolute Gasteiger partial charge is 0.407 e. The molecule has 17 heteroatoms. The lowest BCUT2D eigenvalue weighted by Gasteiger charge is -2.34. The average molecular weight is 970 g/mol. The van der Waals surface area contributed by atoms with E-state index in [1.165, 1.54) is 45.1 Å². The Morgan fingerprint density at radius 2 is 1.13 bits per heavy atom. The van der Waals surface area contributed by atoms with Crippen molar-refractivity contribution >= 4 is 29.7 Å². The lowest BCUT2D eigenvalue weighted by Crippen LogP contribution is -2.54. The van der Waals surface area contributed by atoms with Crippen LogP contribution in [0.5, 0.6) is 0 Å². The molecule has 3 fully saturated rings.